The second-order valence-corrected chi connectivity index (χ2v) is 1.56. The molecule has 0 heterocycles. The Bertz CT molecular complexity index is 91.0. The molecule has 0 aromatic heterocycles. The second-order valence-electron chi connectivity index (χ2n) is 1.56. The molecule has 1 N–H and O–H groups in total. The number of carbonyl (C=O) groups excluding carboxylic acids is 1. The van der Waals surface area contributed by atoms with Crippen LogP contribution in [0.2, 0.25) is 0 Å². The maximum absolute atomic E-state index is 9.89. The third kappa shape index (κ3) is 3.93. The van der Waals surface area contributed by atoms with E-state index in [2.05, 4.69) is 4.74 Å². The van der Waals surface area contributed by atoms with Gasteiger partial charge in [-0.25, -0.2) is 0 Å². The van der Waals surface area contributed by atoms with E-state index >= 15 is 0 Å². The molecular formula is C5H9O4-. The van der Waals surface area contributed by atoms with E-state index in [0.29, 0.717) is 0 Å². The van der Waals surface area contributed by atoms with Crippen molar-refractivity contribution < 1.29 is 19.7 Å². The lowest BCUT2D eigenvalue weighted by molar-refractivity contribution is -0.316. The lowest BCUT2D eigenvalue weighted by Crippen LogP contribution is -2.35. The van der Waals surface area contributed by atoms with Crippen LogP contribution >= 0.6 is 0 Å². The number of rotatable bonds is 4. The first-order valence-electron chi connectivity index (χ1n) is 2.61. The summed E-state index contributed by atoms with van der Waals surface area (Å²) in [6.07, 6.45) is -0.933. The second kappa shape index (κ2) is 4.29. The average molecular weight is 133 g/mol. The first-order chi connectivity index (χ1) is 4.18. The Balaban J connectivity index is 3.27. The molecule has 0 aromatic carbocycles. The maximum Gasteiger partial charge on any atom is 0.0941 e. The highest BCUT2D eigenvalue weighted by molar-refractivity contribution is 5.69. The van der Waals surface area contributed by atoms with Crippen LogP contribution in [0.1, 0.15) is 6.92 Å². The van der Waals surface area contributed by atoms with Crippen molar-refractivity contribution in [2.24, 2.45) is 0 Å². The summed E-state index contributed by atoms with van der Waals surface area (Å²) in [5.41, 5.74) is 0. The molecule has 54 valence electrons. The van der Waals surface area contributed by atoms with Gasteiger partial charge in [-0.1, -0.05) is 0 Å². The van der Waals surface area contributed by atoms with E-state index < -0.39 is 12.1 Å². The minimum Gasteiger partial charge on any atom is -0.547 e. The van der Waals surface area contributed by atoms with Crippen LogP contribution in [-0.2, 0) is 9.53 Å². The summed E-state index contributed by atoms with van der Waals surface area (Å²) in [5.74, 6) is -1.26. The van der Waals surface area contributed by atoms with Crippen molar-refractivity contribution in [1.82, 2.24) is 0 Å². The monoisotopic (exact) mass is 133 g/mol. The fraction of sp³-hybridized carbons (Fsp3) is 0.800. The molecule has 4 heteroatoms. The fourth-order valence-electron chi connectivity index (χ4n) is 0.298. The van der Waals surface area contributed by atoms with Gasteiger partial charge in [-0.3, -0.25) is 0 Å². The fourth-order valence-corrected chi connectivity index (χ4v) is 0.298. The van der Waals surface area contributed by atoms with Crippen molar-refractivity contribution in [3.8, 4) is 0 Å². The minimum absolute atomic E-state index is 0.0369. The SMILES string of the molecule is CC(OCCO)C(=O)[O-]. The highest BCUT2D eigenvalue weighted by atomic mass is 16.5. The van der Waals surface area contributed by atoms with Gasteiger partial charge in [0.15, 0.2) is 0 Å². The molecular weight excluding hydrogens is 124 g/mol. The van der Waals surface area contributed by atoms with Gasteiger partial charge in [0.25, 0.3) is 0 Å². The van der Waals surface area contributed by atoms with Crippen LogP contribution in [0.4, 0.5) is 0 Å². The van der Waals surface area contributed by atoms with E-state index in [4.69, 9.17) is 5.11 Å². The summed E-state index contributed by atoms with van der Waals surface area (Å²) in [6, 6.07) is 0. The van der Waals surface area contributed by atoms with Crippen LogP contribution in [0.3, 0.4) is 0 Å². The van der Waals surface area contributed by atoms with Gasteiger partial charge in [-0.05, 0) is 6.92 Å². The summed E-state index contributed by atoms with van der Waals surface area (Å²) < 4.78 is 4.54. The van der Waals surface area contributed by atoms with E-state index in [1.54, 1.807) is 0 Å². The van der Waals surface area contributed by atoms with Crippen molar-refractivity contribution in [2.75, 3.05) is 13.2 Å². The minimum atomic E-state index is -1.26. The first kappa shape index (κ1) is 8.39. The van der Waals surface area contributed by atoms with Gasteiger partial charge < -0.3 is 19.7 Å². The number of carboxylic acid groups (broad SMARTS) is 1. The molecule has 0 aliphatic heterocycles. The van der Waals surface area contributed by atoms with Crippen LogP contribution in [0, 0.1) is 0 Å². The Hall–Kier alpha value is -0.610. The molecule has 1 unspecified atom stereocenters. The number of hydrogen-bond acceptors (Lipinski definition) is 4. The van der Waals surface area contributed by atoms with Crippen LogP contribution < -0.4 is 5.11 Å². The Morgan fingerprint density at radius 3 is 2.78 bits per heavy atom. The zero-order valence-electron chi connectivity index (χ0n) is 5.16. The smallest absolute Gasteiger partial charge is 0.0941 e. The van der Waals surface area contributed by atoms with Crippen molar-refractivity contribution in [1.29, 1.82) is 0 Å². The molecule has 0 radical (unpaired) electrons. The van der Waals surface area contributed by atoms with Crippen LogP contribution in [0.15, 0.2) is 0 Å². The predicted molar refractivity (Wildman–Crippen MR) is 27.5 cm³/mol. The lowest BCUT2D eigenvalue weighted by atomic mass is 10.4. The van der Waals surface area contributed by atoms with Crippen molar-refractivity contribution in [3.05, 3.63) is 0 Å². The number of aliphatic hydroxyl groups is 1. The summed E-state index contributed by atoms with van der Waals surface area (Å²) in [7, 11) is 0. The number of hydrogen-bond donors (Lipinski definition) is 1. The Morgan fingerprint density at radius 1 is 1.89 bits per heavy atom. The molecule has 4 nitrogen and oxygen atoms in total. The molecule has 0 aliphatic rings. The Morgan fingerprint density at radius 2 is 2.44 bits per heavy atom. The summed E-state index contributed by atoms with van der Waals surface area (Å²) in [4.78, 5) is 9.89. The van der Waals surface area contributed by atoms with Gasteiger partial charge in [-0.2, -0.15) is 0 Å². The highest BCUT2D eigenvalue weighted by Crippen LogP contribution is 1.85. The summed E-state index contributed by atoms with van der Waals surface area (Å²) in [5, 5.41) is 18.0. The number of carboxylic acids is 1. The third-order valence-corrected chi connectivity index (χ3v) is 0.791. The van der Waals surface area contributed by atoms with E-state index in [1.807, 2.05) is 0 Å². The molecule has 0 bridgehead atoms. The number of aliphatic carboxylic acids is 1. The highest BCUT2D eigenvalue weighted by Gasteiger charge is 1.99. The number of ether oxygens (including phenoxy) is 1. The normalized spacial score (nSPS) is 13.1. The average Bonchev–Trinajstić information content (AvgIpc) is 1.82. The molecule has 0 aliphatic carbocycles. The maximum atomic E-state index is 9.89. The van der Waals surface area contributed by atoms with Gasteiger partial charge in [0.05, 0.1) is 25.3 Å². The molecule has 0 aromatic rings. The molecule has 0 spiro atoms. The molecule has 0 saturated heterocycles. The van der Waals surface area contributed by atoms with E-state index in [0.717, 1.165) is 0 Å². The molecule has 1 atom stereocenters. The first-order valence-corrected chi connectivity index (χ1v) is 2.61. The van der Waals surface area contributed by atoms with Crippen molar-refractivity contribution in [2.45, 2.75) is 13.0 Å². The predicted octanol–water partition coefficient (Wildman–Crippen LogP) is -1.87. The summed E-state index contributed by atoms with van der Waals surface area (Å²) in [6.45, 7) is 1.22. The van der Waals surface area contributed by atoms with E-state index in [1.165, 1.54) is 6.92 Å². The van der Waals surface area contributed by atoms with Crippen LogP contribution in [0.25, 0.3) is 0 Å². The lowest BCUT2D eigenvalue weighted by Gasteiger charge is -2.11. The van der Waals surface area contributed by atoms with Gasteiger partial charge in [-0.15, -0.1) is 0 Å². The molecule has 0 saturated carbocycles. The van der Waals surface area contributed by atoms with E-state index in [-0.39, 0.29) is 13.2 Å². The van der Waals surface area contributed by atoms with Crippen molar-refractivity contribution >= 4 is 5.97 Å². The van der Waals surface area contributed by atoms with Gasteiger partial charge in [0, 0.05) is 0 Å². The zero-order valence-corrected chi connectivity index (χ0v) is 5.16. The Kier molecular flexibility index (Phi) is 4.00. The molecule has 9 heavy (non-hydrogen) atoms. The van der Waals surface area contributed by atoms with Crippen LogP contribution in [-0.4, -0.2) is 30.4 Å². The Labute approximate surface area is 53.1 Å². The quantitative estimate of drug-likeness (QED) is 0.488. The third-order valence-electron chi connectivity index (χ3n) is 0.791. The van der Waals surface area contributed by atoms with Gasteiger partial charge >= 0.3 is 0 Å². The number of aliphatic hydroxyl groups excluding tert-OH is 1. The summed E-state index contributed by atoms with van der Waals surface area (Å²) >= 11 is 0. The zero-order chi connectivity index (χ0) is 7.28. The number of carbonyl (C=O) groups is 1. The van der Waals surface area contributed by atoms with E-state index in [9.17, 15) is 9.90 Å². The van der Waals surface area contributed by atoms with Crippen molar-refractivity contribution in [3.63, 3.8) is 0 Å². The van der Waals surface area contributed by atoms with Gasteiger partial charge in [0.2, 0.25) is 0 Å². The largest absolute Gasteiger partial charge is 0.547 e. The molecule has 0 rings (SSSR count). The standard InChI is InChI=1S/C5H10O4/c1-4(5(7)8)9-3-2-6/h4,6H,2-3H2,1H3,(H,7,8)/p-1. The topological polar surface area (TPSA) is 69.6 Å². The van der Waals surface area contributed by atoms with Crippen LogP contribution in [0.5, 0.6) is 0 Å². The van der Waals surface area contributed by atoms with Gasteiger partial charge in [0.1, 0.15) is 0 Å². The molecule has 0 fully saturated rings. The molecule has 0 amide bonds.